The van der Waals surface area contributed by atoms with E-state index < -0.39 is 5.97 Å². The Morgan fingerprint density at radius 3 is 2.46 bits per heavy atom. The number of halogens is 2. The Labute approximate surface area is 156 Å². The summed E-state index contributed by atoms with van der Waals surface area (Å²) in [4.78, 5) is 12.2. The highest BCUT2D eigenvalue weighted by molar-refractivity contribution is 9.10. The Hall–Kier alpha value is -2.99. The molecule has 0 radical (unpaired) electrons. The fraction of sp³-hybridized carbons (Fsp3) is 0. The molecule has 6 heteroatoms. The second kappa shape index (κ2) is 6.72. The highest BCUT2D eigenvalue weighted by Crippen LogP contribution is 2.30. The monoisotopic (exact) mass is 411 g/mol. The molecule has 1 heterocycles. The molecule has 0 unspecified atom stereocenters. The molecule has 0 atom stereocenters. The summed E-state index contributed by atoms with van der Waals surface area (Å²) in [6.07, 6.45) is 0. The Morgan fingerprint density at radius 2 is 1.73 bits per heavy atom. The van der Waals surface area contributed by atoms with E-state index in [9.17, 15) is 9.18 Å². The van der Waals surface area contributed by atoms with E-state index in [1.54, 1.807) is 54.6 Å². The van der Waals surface area contributed by atoms with Crippen LogP contribution in [0.2, 0.25) is 0 Å². The van der Waals surface area contributed by atoms with E-state index in [4.69, 9.17) is 9.26 Å². The van der Waals surface area contributed by atoms with Crippen LogP contribution in [0.25, 0.3) is 22.2 Å². The molecule has 1 aromatic heterocycles. The van der Waals surface area contributed by atoms with Gasteiger partial charge < -0.3 is 9.26 Å². The molecule has 4 rings (SSSR count). The molecule has 26 heavy (non-hydrogen) atoms. The minimum absolute atomic E-state index is 0.316. The van der Waals surface area contributed by atoms with Crippen LogP contribution in [0.15, 0.2) is 75.7 Å². The maximum absolute atomic E-state index is 13.1. The Kier molecular flexibility index (Phi) is 4.26. The largest absolute Gasteiger partial charge is 0.423 e. The number of ether oxygens (including phenoxy) is 1. The smallest absolute Gasteiger partial charge is 0.343 e. The lowest BCUT2D eigenvalue weighted by atomic mass is 10.1. The fourth-order valence-corrected chi connectivity index (χ4v) is 2.81. The third-order valence-electron chi connectivity index (χ3n) is 3.85. The quantitative estimate of drug-likeness (QED) is 0.324. The van der Waals surface area contributed by atoms with Gasteiger partial charge >= 0.3 is 5.97 Å². The van der Waals surface area contributed by atoms with Gasteiger partial charge in [-0.25, -0.2) is 9.18 Å². The first-order chi connectivity index (χ1) is 12.6. The second-order valence-electron chi connectivity index (χ2n) is 5.59. The lowest BCUT2D eigenvalue weighted by molar-refractivity contribution is 0.0735. The summed E-state index contributed by atoms with van der Waals surface area (Å²) in [7, 11) is 0. The Morgan fingerprint density at radius 1 is 1.00 bits per heavy atom. The first kappa shape index (κ1) is 16.5. The number of benzene rings is 3. The van der Waals surface area contributed by atoms with E-state index in [-0.39, 0.29) is 5.82 Å². The van der Waals surface area contributed by atoms with E-state index in [2.05, 4.69) is 21.1 Å². The van der Waals surface area contributed by atoms with Crippen LogP contribution >= 0.6 is 15.9 Å². The summed E-state index contributed by atoms with van der Waals surface area (Å²) < 4.78 is 24.7. The summed E-state index contributed by atoms with van der Waals surface area (Å²) in [5.74, 6) is -0.425. The predicted octanol–water partition coefficient (Wildman–Crippen LogP) is 5.62. The summed E-state index contributed by atoms with van der Waals surface area (Å²) in [6.45, 7) is 0. The number of nitrogens with zero attached hydrogens (tertiary/aromatic N) is 1. The van der Waals surface area contributed by atoms with E-state index >= 15 is 0 Å². The molecular formula is C20H11BrFNO3. The number of fused-ring (bicyclic) bond motifs is 1. The van der Waals surface area contributed by atoms with Crippen molar-refractivity contribution in [1.82, 2.24) is 5.16 Å². The van der Waals surface area contributed by atoms with Gasteiger partial charge in [0.25, 0.3) is 0 Å². The van der Waals surface area contributed by atoms with Crippen molar-refractivity contribution in [2.24, 2.45) is 0 Å². The summed E-state index contributed by atoms with van der Waals surface area (Å²) in [5, 5.41) is 4.79. The molecule has 0 saturated heterocycles. The molecule has 4 aromatic rings. The summed E-state index contributed by atoms with van der Waals surface area (Å²) in [5.41, 5.74) is 2.26. The van der Waals surface area contributed by atoms with Crippen LogP contribution in [-0.2, 0) is 0 Å². The molecule has 0 aliphatic rings. The van der Waals surface area contributed by atoms with Crippen molar-refractivity contribution in [2.75, 3.05) is 0 Å². The van der Waals surface area contributed by atoms with Crippen LogP contribution in [0.4, 0.5) is 4.39 Å². The van der Waals surface area contributed by atoms with Crippen molar-refractivity contribution in [1.29, 1.82) is 0 Å². The molecular weight excluding hydrogens is 401 g/mol. The third-order valence-corrected chi connectivity index (χ3v) is 4.38. The van der Waals surface area contributed by atoms with E-state index in [1.165, 1.54) is 12.1 Å². The zero-order chi connectivity index (χ0) is 18.1. The standard InChI is InChI=1S/C20H11BrFNO3/c21-14-5-1-13(2-6-14)20(24)25-16-9-10-17-18(11-16)26-23-19(17)12-3-7-15(22)8-4-12/h1-11H. The molecule has 128 valence electrons. The van der Waals surface area contributed by atoms with Gasteiger partial charge in [0.05, 0.1) is 5.56 Å². The molecule has 0 N–H and O–H groups in total. The topological polar surface area (TPSA) is 52.3 Å². The van der Waals surface area contributed by atoms with Crippen molar-refractivity contribution in [3.8, 4) is 17.0 Å². The number of hydrogen-bond donors (Lipinski definition) is 0. The highest BCUT2D eigenvalue weighted by atomic mass is 79.9. The van der Waals surface area contributed by atoms with Crippen LogP contribution in [0, 0.1) is 5.82 Å². The molecule has 3 aromatic carbocycles. The molecule has 0 amide bonds. The summed E-state index contributed by atoms with van der Waals surface area (Å²) in [6, 6.07) is 17.9. The van der Waals surface area contributed by atoms with Gasteiger partial charge in [-0.2, -0.15) is 0 Å². The molecule has 0 bridgehead atoms. The molecule has 4 nitrogen and oxygen atoms in total. The first-order valence-corrected chi connectivity index (χ1v) is 8.52. The zero-order valence-corrected chi connectivity index (χ0v) is 14.9. The van der Waals surface area contributed by atoms with Crippen molar-refractivity contribution in [3.63, 3.8) is 0 Å². The number of hydrogen-bond acceptors (Lipinski definition) is 4. The normalized spacial score (nSPS) is 10.8. The van der Waals surface area contributed by atoms with Crippen LogP contribution in [0.1, 0.15) is 10.4 Å². The molecule has 0 saturated carbocycles. The molecule has 0 aliphatic heterocycles. The van der Waals surface area contributed by atoms with Gasteiger partial charge in [-0.3, -0.25) is 0 Å². The lowest BCUT2D eigenvalue weighted by Crippen LogP contribution is -2.08. The minimum atomic E-state index is -0.463. The van der Waals surface area contributed by atoms with Crippen LogP contribution in [0.3, 0.4) is 0 Å². The van der Waals surface area contributed by atoms with E-state index in [0.717, 1.165) is 15.4 Å². The van der Waals surface area contributed by atoms with Crippen molar-refractivity contribution in [2.45, 2.75) is 0 Å². The number of carbonyl (C=O) groups is 1. The number of carbonyl (C=O) groups excluding carboxylic acids is 1. The average molecular weight is 412 g/mol. The zero-order valence-electron chi connectivity index (χ0n) is 13.3. The van der Waals surface area contributed by atoms with Gasteiger partial charge in [-0.05, 0) is 60.7 Å². The average Bonchev–Trinajstić information content (AvgIpc) is 3.06. The van der Waals surface area contributed by atoms with Gasteiger partial charge in [0.2, 0.25) is 0 Å². The van der Waals surface area contributed by atoms with Gasteiger partial charge in [-0.1, -0.05) is 21.1 Å². The van der Waals surface area contributed by atoms with E-state index in [1.807, 2.05) is 0 Å². The van der Waals surface area contributed by atoms with Crippen LogP contribution in [-0.4, -0.2) is 11.1 Å². The van der Waals surface area contributed by atoms with Crippen LogP contribution < -0.4 is 4.74 Å². The van der Waals surface area contributed by atoms with Crippen molar-refractivity contribution >= 4 is 32.9 Å². The third kappa shape index (κ3) is 3.23. The molecule has 0 aliphatic carbocycles. The number of rotatable bonds is 3. The number of esters is 1. The van der Waals surface area contributed by atoms with Gasteiger partial charge in [0.1, 0.15) is 17.3 Å². The SMILES string of the molecule is O=C(Oc1ccc2c(-c3ccc(F)cc3)noc2c1)c1ccc(Br)cc1. The Bertz CT molecular complexity index is 1090. The Balaban J connectivity index is 1.61. The second-order valence-corrected chi connectivity index (χ2v) is 6.51. The van der Waals surface area contributed by atoms with Gasteiger partial charge in [0, 0.05) is 21.5 Å². The van der Waals surface area contributed by atoms with Gasteiger partial charge in [-0.15, -0.1) is 0 Å². The summed E-state index contributed by atoms with van der Waals surface area (Å²) >= 11 is 3.32. The fourth-order valence-electron chi connectivity index (χ4n) is 2.55. The molecule has 0 spiro atoms. The van der Waals surface area contributed by atoms with Crippen molar-refractivity contribution < 1.29 is 18.4 Å². The maximum Gasteiger partial charge on any atom is 0.343 e. The van der Waals surface area contributed by atoms with E-state index in [0.29, 0.717) is 22.6 Å². The molecule has 0 fully saturated rings. The minimum Gasteiger partial charge on any atom is -0.423 e. The number of aromatic nitrogens is 1. The predicted molar refractivity (Wildman–Crippen MR) is 98.5 cm³/mol. The highest BCUT2D eigenvalue weighted by Gasteiger charge is 2.14. The first-order valence-electron chi connectivity index (χ1n) is 7.73. The van der Waals surface area contributed by atoms with Crippen molar-refractivity contribution in [3.05, 3.63) is 82.6 Å². The van der Waals surface area contributed by atoms with Crippen LogP contribution in [0.5, 0.6) is 5.75 Å². The lowest BCUT2D eigenvalue weighted by Gasteiger charge is -2.04. The maximum atomic E-state index is 13.1. The van der Waals surface area contributed by atoms with Gasteiger partial charge in [0.15, 0.2) is 5.58 Å².